The van der Waals surface area contributed by atoms with E-state index >= 15 is 0 Å². The lowest BCUT2D eigenvalue weighted by Gasteiger charge is -2.31. The highest BCUT2D eigenvalue weighted by Gasteiger charge is 2.46. The Morgan fingerprint density at radius 3 is 2.62 bits per heavy atom. The molecular formula is C31H38N4O5. The number of aliphatic hydroxyl groups is 1. The molecule has 0 saturated carbocycles. The van der Waals surface area contributed by atoms with Crippen molar-refractivity contribution in [1.82, 2.24) is 19.2 Å². The number of carbonyl (C=O) groups is 2. The van der Waals surface area contributed by atoms with Crippen LogP contribution in [0, 0.1) is 19.8 Å². The number of pyridine rings is 1. The number of hydrogen-bond acceptors (Lipinski definition) is 7. The number of morpholine rings is 1. The van der Waals surface area contributed by atoms with E-state index in [1.807, 2.05) is 60.8 Å². The number of aryl methyl sites for hydroxylation is 2. The van der Waals surface area contributed by atoms with Gasteiger partial charge in [0.1, 0.15) is 17.1 Å². The second-order valence-electron chi connectivity index (χ2n) is 11.0. The molecule has 1 atom stereocenters. The average Bonchev–Trinajstić information content (AvgIpc) is 3.42. The van der Waals surface area contributed by atoms with E-state index in [9.17, 15) is 14.7 Å². The summed E-state index contributed by atoms with van der Waals surface area (Å²) >= 11 is 0. The highest BCUT2D eigenvalue weighted by atomic mass is 16.5. The molecule has 1 amide bonds. The van der Waals surface area contributed by atoms with Crippen molar-refractivity contribution in [3.63, 3.8) is 0 Å². The van der Waals surface area contributed by atoms with E-state index in [1.54, 1.807) is 4.90 Å². The van der Waals surface area contributed by atoms with Crippen LogP contribution in [-0.2, 0) is 14.3 Å². The molecule has 0 spiro atoms. The van der Waals surface area contributed by atoms with Gasteiger partial charge in [-0.3, -0.25) is 14.5 Å². The number of ketones is 1. The van der Waals surface area contributed by atoms with Gasteiger partial charge in [-0.15, -0.1) is 0 Å². The van der Waals surface area contributed by atoms with Crippen molar-refractivity contribution in [3.05, 3.63) is 70.7 Å². The number of likely N-dealkylation sites (tertiary alicyclic amines) is 1. The van der Waals surface area contributed by atoms with Crippen molar-refractivity contribution in [2.24, 2.45) is 5.92 Å². The highest BCUT2D eigenvalue weighted by Crippen LogP contribution is 2.40. The van der Waals surface area contributed by atoms with Crippen molar-refractivity contribution in [2.45, 2.75) is 40.2 Å². The molecule has 2 saturated heterocycles. The number of aliphatic hydroxyl groups excluding tert-OH is 1. The summed E-state index contributed by atoms with van der Waals surface area (Å²) in [5, 5.41) is 11.7. The molecule has 0 radical (unpaired) electrons. The molecule has 2 aromatic heterocycles. The first kappa shape index (κ1) is 27.9. The third kappa shape index (κ3) is 5.48. The van der Waals surface area contributed by atoms with Crippen LogP contribution in [0.15, 0.2) is 48.2 Å². The monoisotopic (exact) mass is 546 g/mol. The Bertz CT molecular complexity index is 1440. The van der Waals surface area contributed by atoms with E-state index in [2.05, 4.69) is 23.7 Å². The minimum Gasteiger partial charge on any atom is -0.505 e. The predicted molar refractivity (Wildman–Crippen MR) is 152 cm³/mol. The van der Waals surface area contributed by atoms with Crippen LogP contribution in [0.5, 0.6) is 5.75 Å². The van der Waals surface area contributed by atoms with Crippen LogP contribution in [0.3, 0.4) is 0 Å². The first-order chi connectivity index (χ1) is 19.3. The molecule has 4 heterocycles. The number of rotatable bonds is 9. The molecule has 2 aliphatic heterocycles. The fourth-order valence-corrected chi connectivity index (χ4v) is 5.39. The Morgan fingerprint density at radius 1 is 1.12 bits per heavy atom. The van der Waals surface area contributed by atoms with Gasteiger partial charge in [-0.1, -0.05) is 32.0 Å². The topological polar surface area (TPSA) is 96.6 Å². The normalized spacial score (nSPS) is 19.7. The van der Waals surface area contributed by atoms with E-state index in [-0.39, 0.29) is 11.3 Å². The number of imidazole rings is 1. The molecule has 1 unspecified atom stereocenters. The van der Waals surface area contributed by atoms with Gasteiger partial charge in [0, 0.05) is 32.4 Å². The van der Waals surface area contributed by atoms with E-state index in [0.29, 0.717) is 67.2 Å². The number of ether oxygens (including phenoxy) is 2. The Labute approximate surface area is 235 Å². The molecule has 1 aromatic carbocycles. The van der Waals surface area contributed by atoms with Crippen molar-refractivity contribution >= 4 is 23.1 Å². The summed E-state index contributed by atoms with van der Waals surface area (Å²) in [5.41, 5.74) is 3.39. The number of Topliss-reactive ketones (excluding diaryl/α,β-unsaturated/α-hetero) is 1. The van der Waals surface area contributed by atoms with Crippen molar-refractivity contribution in [3.8, 4) is 5.75 Å². The molecule has 9 nitrogen and oxygen atoms in total. The van der Waals surface area contributed by atoms with Gasteiger partial charge in [0.25, 0.3) is 11.7 Å². The SMILES string of the molecule is Cc1cccn2c(C)c(C(O)=C3C(=O)C(=O)N(CCN4CCOCC4)C3c3cccc(OCCC(C)C)c3)nc12. The van der Waals surface area contributed by atoms with Crippen molar-refractivity contribution in [2.75, 3.05) is 46.0 Å². The first-order valence-corrected chi connectivity index (χ1v) is 14.0. The quantitative estimate of drug-likeness (QED) is 0.245. The number of fused-ring (bicyclic) bond motifs is 1. The summed E-state index contributed by atoms with van der Waals surface area (Å²) < 4.78 is 13.4. The largest absolute Gasteiger partial charge is 0.505 e. The number of nitrogens with zero attached hydrogens (tertiary/aromatic N) is 4. The van der Waals surface area contributed by atoms with Gasteiger partial charge >= 0.3 is 0 Å². The number of carbonyl (C=O) groups excluding carboxylic acids is 2. The number of aromatic nitrogens is 2. The van der Waals surface area contributed by atoms with Gasteiger partial charge in [0.2, 0.25) is 0 Å². The third-order valence-electron chi connectivity index (χ3n) is 7.75. The van der Waals surface area contributed by atoms with E-state index in [4.69, 9.17) is 9.47 Å². The third-order valence-corrected chi connectivity index (χ3v) is 7.75. The van der Waals surface area contributed by atoms with Crippen LogP contribution in [0.1, 0.15) is 48.8 Å². The summed E-state index contributed by atoms with van der Waals surface area (Å²) in [6.45, 7) is 12.4. The molecule has 1 N–H and O–H groups in total. The van der Waals surface area contributed by atoms with Gasteiger partial charge in [-0.05, 0) is 55.5 Å². The Balaban J connectivity index is 1.57. The van der Waals surface area contributed by atoms with Crippen LogP contribution in [0.25, 0.3) is 11.4 Å². The molecule has 2 fully saturated rings. The molecule has 212 valence electrons. The summed E-state index contributed by atoms with van der Waals surface area (Å²) in [7, 11) is 0. The highest BCUT2D eigenvalue weighted by molar-refractivity contribution is 6.46. The van der Waals surface area contributed by atoms with Gasteiger partial charge in [0.15, 0.2) is 5.76 Å². The van der Waals surface area contributed by atoms with E-state index < -0.39 is 17.7 Å². The van der Waals surface area contributed by atoms with Gasteiger partial charge in [-0.2, -0.15) is 0 Å². The van der Waals surface area contributed by atoms with Crippen LogP contribution in [0.2, 0.25) is 0 Å². The van der Waals surface area contributed by atoms with Crippen LogP contribution in [0.4, 0.5) is 0 Å². The van der Waals surface area contributed by atoms with Crippen LogP contribution in [-0.4, -0.2) is 82.0 Å². The van der Waals surface area contributed by atoms with Gasteiger partial charge < -0.3 is 23.9 Å². The fraction of sp³-hybridized carbons (Fsp3) is 0.452. The number of hydrogen-bond donors (Lipinski definition) is 1. The van der Waals surface area contributed by atoms with E-state index in [1.165, 1.54) is 0 Å². The molecule has 3 aromatic rings. The van der Waals surface area contributed by atoms with Gasteiger partial charge in [0.05, 0.1) is 37.1 Å². The molecule has 0 aliphatic carbocycles. The zero-order valence-electron chi connectivity index (χ0n) is 23.7. The van der Waals surface area contributed by atoms with Crippen LogP contribution < -0.4 is 4.74 Å². The number of benzene rings is 1. The Kier molecular flexibility index (Phi) is 8.23. The zero-order valence-corrected chi connectivity index (χ0v) is 23.7. The minimum absolute atomic E-state index is 0.0514. The summed E-state index contributed by atoms with van der Waals surface area (Å²) in [6.07, 6.45) is 2.78. The van der Waals surface area contributed by atoms with Crippen LogP contribution >= 0.6 is 0 Å². The average molecular weight is 547 g/mol. The second kappa shape index (κ2) is 11.8. The van der Waals surface area contributed by atoms with E-state index in [0.717, 1.165) is 25.1 Å². The lowest BCUT2D eigenvalue weighted by Crippen LogP contribution is -2.42. The zero-order chi connectivity index (χ0) is 28.4. The Hall–Kier alpha value is -3.69. The minimum atomic E-state index is -0.764. The van der Waals surface area contributed by atoms with Crippen molar-refractivity contribution in [1.29, 1.82) is 0 Å². The second-order valence-corrected chi connectivity index (χ2v) is 11.0. The maximum Gasteiger partial charge on any atom is 0.295 e. The lowest BCUT2D eigenvalue weighted by atomic mass is 9.96. The van der Waals surface area contributed by atoms with Crippen molar-refractivity contribution < 1.29 is 24.2 Å². The Morgan fingerprint density at radius 2 is 1.90 bits per heavy atom. The maximum absolute atomic E-state index is 13.6. The van der Waals surface area contributed by atoms with Gasteiger partial charge in [-0.25, -0.2) is 4.98 Å². The number of amides is 1. The maximum atomic E-state index is 13.6. The fourth-order valence-electron chi connectivity index (χ4n) is 5.39. The molecule has 2 aliphatic rings. The molecule has 40 heavy (non-hydrogen) atoms. The first-order valence-electron chi connectivity index (χ1n) is 14.0. The summed E-state index contributed by atoms with van der Waals surface area (Å²) in [4.78, 5) is 35.6. The molecule has 5 rings (SSSR count). The predicted octanol–water partition coefficient (Wildman–Crippen LogP) is 4.13. The molecular weight excluding hydrogens is 508 g/mol. The summed E-state index contributed by atoms with van der Waals surface area (Å²) in [5.74, 6) is -0.416. The summed E-state index contributed by atoms with van der Waals surface area (Å²) in [6, 6.07) is 10.6. The smallest absolute Gasteiger partial charge is 0.295 e. The lowest BCUT2D eigenvalue weighted by molar-refractivity contribution is -0.140. The molecule has 9 heteroatoms. The standard InChI is InChI=1S/C31H38N4O5/c1-20(2)10-16-40-24-9-5-8-23(19-24)27-25(28(36)26-22(4)34-11-6-7-21(3)30(34)32-26)29(37)31(38)35(27)13-12-33-14-17-39-18-15-33/h5-9,11,19-20,27,36H,10,12-18H2,1-4H3. The molecule has 0 bridgehead atoms.